The molecule has 0 radical (unpaired) electrons. The molecule has 180 valence electrons. The Bertz CT molecular complexity index is 1560. The highest BCUT2D eigenvalue weighted by Gasteiger charge is 2.31. The van der Waals surface area contributed by atoms with Crippen LogP contribution in [0.3, 0.4) is 0 Å². The van der Waals surface area contributed by atoms with E-state index in [9.17, 15) is 0 Å². The summed E-state index contributed by atoms with van der Waals surface area (Å²) in [5, 5.41) is 9.49. The Hall–Kier alpha value is -3.84. The molecule has 0 spiro atoms. The van der Waals surface area contributed by atoms with E-state index in [1.165, 1.54) is 18.4 Å². The lowest BCUT2D eigenvalue weighted by Gasteiger charge is -2.36. The van der Waals surface area contributed by atoms with E-state index in [0.29, 0.717) is 11.7 Å². The molecule has 1 aliphatic heterocycles. The fraction of sp³-hybridized carbons (Fsp3) is 0.310. The summed E-state index contributed by atoms with van der Waals surface area (Å²) in [7, 11) is 0. The molecule has 0 amide bonds. The van der Waals surface area contributed by atoms with Crippen LogP contribution >= 0.6 is 0 Å². The number of nitrogens with zero attached hydrogens (tertiary/aromatic N) is 4. The van der Waals surface area contributed by atoms with Crippen LogP contribution in [-0.4, -0.2) is 43.5 Å². The zero-order chi connectivity index (χ0) is 24.1. The number of aromatic nitrogens is 5. The van der Waals surface area contributed by atoms with E-state index in [2.05, 4.69) is 50.7 Å². The molecule has 7 heteroatoms. The molecule has 5 aromatic rings. The van der Waals surface area contributed by atoms with Crippen LogP contribution in [0.15, 0.2) is 61.1 Å². The first kappa shape index (κ1) is 21.4. The highest BCUT2D eigenvalue weighted by Crippen LogP contribution is 2.45. The zero-order valence-electron chi connectivity index (χ0n) is 20.4. The second-order valence-corrected chi connectivity index (χ2v) is 10.4. The molecule has 4 aromatic heterocycles. The molecule has 0 unspecified atom stereocenters. The SMILES string of the molecule is CC1(Nc2nc(-c3ccnc4[nH]c(-c5ccccc5)cc34)nc3cncc(C4CC4)c23)CCNCC1. The molecule has 0 atom stereocenters. The van der Waals surface area contributed by atoms with Crippen LogP contribution in [-0.2, 0) is 0 Å². The van der Waals surface area contributed by atoms with Gasteiger partial charge in [0.15, 0.2) is 5.82 Å². The summed E-state index contributed by atoms with van der Waals surface area (Å²) >= 11 is 0. The largest absolute Gasteiger partial charge is 0.364 e. The summed E-state index contributed by atoms with van der Waals surface area (Å²) in [5.41, 5.74) is 6.11. The van der Waals surface area contributed by atoms with Crippen molar-refractivity contribution in [1.82, 2.24) is 30.2 Å². The molecule has 2 fully saturated rings. The number of hydrogen-bond acceptors (Lipinski definition) is 6. The second kappa shape index (κ2) is 8.38. The van der Waals surface area contributed by atoms with E-state index in [-0.39, 0.29) is 5.54 Å². The third-order valence-electron chi connectivity index (χ3n) is 7.64. The number of nitrogens with one attached hydrogen (secondary N) is 3. The maximum atomic E-state index is 5.20. The summed E-state index contributed by atoms with van der Waals surface area (Å²) in [4.78, 5) is 22.9. The number of aromatic amines is 1. The molecule has 36 heavy (non-hydrogen) atoms. The van der Waals surface area contributed by atoms with Crippen molar-refractivity contribution in [2.75, 3.05) is 18.4 Å². The molecule has 1 aromatic carbocycles. The van der Waals surface area contributed by atoms with Crippen molar-refractivity contribution >= 4 is 27.8 Å². The first-order chi connectivity index (χ1) is 17.7. The van der Waals surface area contributed by atoms with E-state index in [1.807, 2.05) is 42.9 Å². The second-order valence-electron chi connectivity index (χ2n) is 10.4. The Labute approximate surface area is 209 Å². The molecule has 0 bridgehead atoms. The Balaban J connectivity index is 1.40. The van der Waals surface area contributed by atoms with Crippen LogP contribution in [0, 0.1) is 0 Å². The highest BCUT2D eigenvalue weighted by molar-refractivity contribution is 5.98. The molecule has 1 saturated heterocycles. The maximum Gasteiger partial charge on any atom is 0.163 e. The van der Waals surface area contributed by atoms with Crippen molar-refractivity contribution in [1.29, 1.82) is 0 Å². The summed E-state index contributed by atoms with van der Waals surface area (Å²) in [6, 6.07) is 14.5. The van der Waals surface area contributed by atoms with Gasteiger partial charge in [-0.3, -0.25) is 4.98 Å². The number of fused-ring (bicyclic) bond motifs is 2. The summed E-state index contributed by atoms with van der Waals surface area (Å²) < 4.78 is 0. The van der Waals surface area contributed by atoms with Gasteiger partial charge in [0.25, 0.3) is 0 Å². The van der Waals surface area contributed by atoms with Gasteiger partial charge in [-0.1, -0.05) is 30.3 Å². The van der Waals surface area contributed by atoms with Gasteiger partial charge in [0.2, 0.25) is 0 Å². The van der Waals surface area contributed by atoms with Gasteiger partial charge in [0, 0.05) is 40.0 Å². The molecule has 7 rings (SSSR count). The van der Waals surface area contributed by atoms with Gasteiger partial charge in [0.1, 0.15) is 11.5 Å². The molecule has 1 aliphatic carbocycles. The van der Waals surface area contributed by atoms with E-state index in [4.69, 9.17) is 9.97 Å². The monoisotopic (exact) mass is 475 g/mol. The lowest BCUT2D eigenvalue weighted by atomic mass is 9.90. The summed E-state index contributed by atoms with van der Waals surface area (Å²) in [6.45, 7) is 4.32. The normalized spacial score (nSPS) is 17.5. The Morgan fingerprint density at radius 3 is 2.64 bits per heavy atom. The van der Waals surface area contributed by atoms with Gasteiger partial charge >= 0.3 is 0 Å². The van der Waals surface area contributed by atoms with Crippen molar-refractivity contribution < 1.29 is 0 Å². The van der Waals surface area contributed by atoms with Gasteiger partial charge in [-0.2, -0.15) is 0 Å². The molecular formula is C29H29N7. The lowest BCUT2D eigenvalue weighted by molar-refractivity contribution is 0.364. The van der Waals surface area contributed by atoms with Crippen molar-refractivity contribution in [2.45, 2.75) is 44.1 Å². The zero-order valence-corrected chi connectivity index (χ0v) is 20.4. The Kier molecular flexibility index (Phi) is 4.99. The summed E-state index contributed by atoms with van der Waals surface area (Å²) in [6.07, 6.45) is 10.2. The maximum absolute atomic E-state index is 5.20. The van der Waals surface area contributed by atoms with Crippen LogP contribution < -0.4 is 10.6 Å². The Morgan fingerprint density at radius 2 is 1.83 bits per heavy atom. The summed E-state index contributed by atoms with van der Waals surface area (Å²) in [5.74, 6) is 2.18. The molecule has 3 N–H and O–H groups in total. The molecule has 1 saturated carbocycles. The van der Waals surface area contributed by atoms with E-state index in [1.54, 1.807) is 0 Å². The van der Waals surface area contributed by atoms with E-state index < -0.39 is 0 Å². The minimum atomic E-state index is -0.0178. The average Bonchev–Trinajstić information content (AvgIpc) is 3.66. The first-order valence-electron chi connectivity index (χ1n) is 12.8. The standard InChI is InChI=1S/C29H29N7/c1-29(10-13-30-14-11-29)36-28-25-22(18-7-8-18)16-31-17-24(25)34-27(35-28)20-9-12-32-26-21(20)15-23(33-26)19-5-3-2-4-6-19/h2-6,9,12,15-18,30H,7-8,10-11,13-14H2,1H3,(H,32,33)(H,34,35,36). The number of benzene rings is 1. The minimum Gasteiger partial charge on any atom is -0.364 e. The lowest BCUT2D eigenvalue weighted by Crippen LogP contribution is -2.45. The molecule has 2 aliphatic rings. The van der Waals surface area contributed by atoms with Gasteiger partial charge in [-0.15, -0.1) is 0 Å². The molecule has 7 nitrogen and oxygen atoms in total. The highest BCUT2D eigenvalue weighted by atomic mass is 15.1. The van der Waals surface area contributed by atoms with Crippen LogP contribution in [0.5, 0.6) is 0 Å². The molecular weight excluding hydrogens is 446 g/mol. The Morgan fingerprint density at radius 1 is 1.00 bits per heavy atom. The number of pyridine rings is 2. The average molecular weight is 476 g/mol. The quantitative estimate of drug-likeness (QED) is 0.304. The fourth-order valence-electron chi connectivity index (χ4n) is 5.41. The smallest absolute Gasteiger partial charge is 0.163 e. The molecule has 5 heterocycles. The van der Waals surface area contributed by atoms with Gasteiger partial charge in [0.05, 0.1) is 11.7 Å². The van der Waals surface area contributed by atoms with Gasteiger partial charge in [-0.25, -0.2) is 15.0 Å². The predicted octanol–water partition coefficient (Wildman–Crippen LogP) is 5.67. The van der Waals surface area contributed by atoms with Crippen LogP contribution in [0.2, 0.25) is 0 Å². The van der Waals surface area contributed by atoms with Crippen molar-refractivity contribution in [3.05, 3.63) is 66.6 Å². The van der Waals surface area contributed by atoms with Crippen molar-refractivity contribution in [3.8, 4) is 22.6 Å². The van der Waals surface area contributed by atoms with E-state index >= 15 is 0 Å². The fourth-order valence-corrected chi connectivity index (χ4v) is 5.41. The third kappa shape index (κ3) is 3.80. The van der Waals surface area contributed by atoms with Crippen LogP contribution in [0.1, 0.15) is 44.1 Å². The van der Waals surface area contributed by atoms with E-state index in [0.717, 1.165) is 70.5 Å². The number of hydrogen-bond donors (Lipinski definition) is 3. The first-order valence-corrected chi connectivity index (χ1v) is 12.8. The minimum absolute atomic E-state index is 0.0178. The number of piperidine rings is 1. The van der Waals surface area contributed by atoms with Gasteiger partial charge < -0.3 is 15.6 Å². The third-order valence-corrected chi connectivity index (χ3v) is 7.64. The topological polar surface area (TPSA) is 91.4 Å². The van der Waals surface area contributed by atoms with Crippen molar-refractivity contribution in [3.63, 3.8) is 0 Å². The van der Waals surface area contributed by atoms with Crippen LogP contribution in [0.4, 0.5) is 5.82 Å². The number of rotatable bonds is 5. The number of H-pyrrole nitrogens is 1. The predicted molar refractivity (Wildman–Crippen MR) is 144 cm³/mol. The van der Waals surface area contributed by atoms with Crippen molar-refractivity contribution in [2.24, 2.45) is 0 Å². The van der Waals surface area contributed by atoms with Crippen LogP contribution in [0.25, 0.3) is 44.6 Å². The van der Waals surface area contributed by atoms with Gasteiger partial charge in [-0.05, 0) is 74.9 Å². The number of anilines is 1.